The minimum Gasteiger partial charge on any atom is -0.469 e. The standard InChI is InChI=1S/C9H14N2O2/c1-7-8(9(12)13-2)3-5-11(7)6-4-10/h7-8H,3,5-6H2,1-2H3. The van der Waals surface area contributed by atoms with E-state index in [1.54, 1.807) is 0 Å². The van der Waals surface area contributed by atoms with E-state index >= 15 is 0 Å². The monoisotopic (exact) mass is 182 g/mol. The van der Waals surface area contributed by atoms with Gasteiger partial charge in [0.05, 0.1) is 25.6 Å². The van der Waals surface area contributed by atoms with Crippen molar-refractivity contribution in [3.05, 3.63) is 0 Å². The fourth-order valence-corrected chi connectivity index (χ4v) is 1.78. The summed E-state index contributed by atoms with van der Waals surface area (Å²) in [6.07, 6.45) is 0.801. The molecule has 1 saturated heterocycles. The average Bonchev–Trinajstić information content (AvgIpc) is 2.48. The molecule has 0 saturated carbocycles. The quantitative estimate of drug-likeness (QED) is 0.458. The van der Waals surface area contributed by atoms with Crippen molar-refractivity contribution in [3.63, 3.8) is 0 Å². The normalized spacial score (nSPS) is 28.4. The fourth-order valence-electron chi connectivity index (χ4n) is 1.78. The second-order valence-corrected chi connectivity index (χ2v) is 3.29. The summed E-state index contributed by atoms with van der Waals surface area (Å²) >= 11 is 0. The van der Waals surface area contributed by atoms with Gasteiger partial charge in [0, 0.05) is 12.6 Å². The Labute approximate surface area is 78.1 Å². The molecule has 2 unspecified atom stereocenters. The van der Waals surface area contributed by atoms with Gasteiger partial charge in [0.1, 0.15) is 0 Å². The van der Waals surface area contributed by atoms with E-state index < -0.39 is 0 Å². The minimum absolute atomic E-state index is 0.0571. The number of hydrogen-bond donors (Lipinski definition) is 0. The summed E-state index contributed by atoms with van der Waals surface area (Å²) in [5, 5.41) is 8.52. The summed E-state index contributed by atoms with van der Waals surface area (Å²) in [5.74, 6) is -0.216. The smallest absolute Gasteiger partial charge is 0.310 e. The number of hydrogen-bond acceptors (Lipinski definition) is 4. The Hall–Kier alpha value is -1.08. The molecule has 2 atom stereocenters. The van der Waals surface area contributed by atoms with Crippen LogP contribution in [0.2, 0.25) is 0 Å². The Kier molecular flexibility index (Phi) is 3.26. The zero-order chi connectivity index (χ0) is 9.84. The lowest BCUT2D eigenvalue weighted by molar-refractivity contribution is -0.146. The lowest BCUT2D eigenvalue weighted by atomic mass is 10.0. The van der Waals surface area contributed by atoms with Gasteiger partial charge in [0.15, 0.2) is 0 Å². The van der Waals surface area contributed by atoms with E-state index in [4.69, 9.17) is 5.26 Å². The Balaban J connectivity index is 2.55. The highest BCUT2D eigenvalue weighted by Crippen LogP contribution is 2.24. The van der Waals surface area contributed by atoms with Crippen molar-refractivity contribution < 1.29 is 9.53 Å². The van der Waals surface area contributed by atoms with E-state index in [-0.39, 0.29) is 17.9 Å². The van der Waals surface area contributed by atoms with Gasteiger partial charge in [-0.05, 0) is 13.3 Å². The Morgan fingerprint density at radius 1 is 1.77 bits per heavy atom. The van der Waals surface area contributed by atoms with Crippen molar-refractivity contribution >= 4 is 5.97 Å². The van der Waals surface area contributed by atoms with Gasteiger partial charge in [0.2, 0.25) is 0 Å². The zero-order valence-corrected chi connectivity index (χ0v) is 7.99. The summed E-state index contributed by atoms with van der Waals surface area (Å²) < 4.78 is 4.68. The number of nitrogens with zero attached hydrogens (tertiary/aromatic N) is 2. The van der Waals surface area contributed by atoms with Crippen molar-refractivity contribution in [2.75, 3.05) is 20.2 Å². The van der Waals surface area contributed by atoms with E-state index in [1.807, 2.05) is 11.8 Å². The first-order chi connectivity index (χ1) is 6.20. The van der Waals surface area contributed by atoms with Crippen molar-refractivity contribution in [3.8, 4) is 6.07 Å². The van der Waals surface area contributed by atoms with E-state index in [1.165, 1.54) is 7.11 Å². The molecular formula is C9H14N2O2. The lowest BCUT2D eigenvalue weighted by Gasteiger charge is -2.20. The number of nitriles is 1. The molecule has 0 N–H and O–H groups in total. The van der Waals surface area contributed by atoms with Gasteiger partial charge < -0.3 is 4.74 Å². The van der Waals surface area contributed by atoms with Gasteiger partial charge in [-0.1, -0.05) is 0 Å². The van der Waals surface area contributed by atoms with Crippen LogP contribution in [0.3, 0.4) is 0 Å². The fraction of sp³-hybridized carbons (Fsp3) is 0.778. The summed E-state index contributed by atoms with van der Waals surface area (Å²) in [4.78, 5) is 13.2. The van der Waals surface area contributed by atoms with Crippen LogP contribution in [0.5, 0.6) is 0 Å². The predicted octanol–water partition coefficient (Wildman–Crippen LogP) is 0.393. The summed E-state index contributed by atoms with van der Waals surface area (Å²) in [6, 6.07) is 2.22. The number of likely N-dealkylation sites (tertiary alicyclic amines) is 1. The molecule has 4 heteroatoms. The van der Waals surface area contributed by atoms with Crippen LogP contribution >= 0.6 is 0 Å². The third-order valence-corrected chi connectivity index (χ3v) is 2.66. The van der Waals surface area contributed by atoms with E-state index in [0.29, 0.717) is 6.54 Å². The molecule has 0 amide bonds. The highest BCUT2D eigenvalue weighted by Gasteiger charge is 2.35. The largest absolute Gasteiger partial charge is 0.469 e. The number of ether oxygens (including phenoxy) is 1. The molecule has 13 heavy (non-hydrogen) atoms. The van der Waals surface area contributed by atoms with Crippen LogP contribution in [0.1, 0.15) is 13.3 Å². The van der Waals surface area contributed by atoms with Gasteiger partial charge in [-0.15, -0.1) is 0 Å². The molecule has 72 valence electrons. The van der Waals surface area contributed by atoms with Crippen molar-refractivity contribution in [2.45, 2.75) is 19.4 Å². The molecule has 1 heterocycles. The topological polar surface area (TPSA) is 53.3 Å². The van der Waals surface area contributed by atoms with E-state index in [9.17, 15) is 4.79 Å². The Bertz CT molecular complexity index is 234. The molecule has 0 bridgehead atoms. The molecule has 1 aliphatic rings. The van der Waals surface area contributed by atoms with Crippen LogP contribution in [0.4, 0.5) is 0 Å². The van der Waals surface area contributed by atoms with Crippen LogP contribution < -0.4 is 0 Å². The Morgan fingerprint density at radius 3 is 3.00 bits per heavy atom. The van der Waals surface area contributed by atoms with Crippen molar-refractivity contribution in [2.24, 2.45) is 5.92 Å². The maximum Gasteiger partial charge on any atom is 0.310 e. The van der Waals surface area contributed by atoms with Crippen LogP contribution in [-0.4, -0.2) is 37.1 Å². The Morgan fingerprint density at radius 2 is 2.46 bits per heavy atom. The van der Waals surface area contributed by atoms with Gasteiger partial charge in [-0.3, -0.25) is 9.69 Å². The third-order valence-electron chi connectivity index (χ3n) is 2.66. The molecule has 1 rings (SSSR count). The molecule has 0 radical (unpaired) electrons. The second-order valence-electron chi connectivity index (χ2n) is 3.29. The maximum absolute atomic E-state index is 11.2. The van der Waals surface area contributed by atoms with Crippen molar-refractivity contribution in [1.29, 1.82) is 5.26 Å². The number of methoxy groups -OCH3 is 1. The first-order valence-corrected chi connectivity index (χ1v) is 4.39. The number of rotatable bonds is 2. The van der Waals surface area contributed by atoms with Crippen LogP contribution in [0.15, 0.2) is 0 Å². The van der Waals surface area contributed by atoms with Crippen LogP contribution in [-0.2, 0) is 9.53 Å². The van der Waals surface area contributed by atoms with Gasteiger partial charge in [-0.25, -0.2) is 0 Å². The SMILES string of the molecule is COC(=O)C1CCN(CC#N)C1C. The zero-order valence-electron chi connectivity index (χ0n) is 7.99. The number of carbonyl (C=O) groups is 1. The summed E-state index contributed by atoms with van der Waals surface area (Å²) in [5.41, 5.74) is 0. The molecule has 1 aliphatic heterocycles. The molecule has 0 aromatic heterocycles. The molecule has 0 aliphatic carbocycles. The highest BCUT2D eigenvalue weighted by molar-refractivity contribution is 5.73. The van der Waals surface area contributed by atoms with Crippen molar-refractivity contribution in [1.82, 2.24) is 4.90 Å². The minimum atomic E-state index is -0.159. The van der Waals surface area contributed by atoms with Gasteiger partial charge >= 0.3 is 5.97 Å². The maximum atomic E-state index is 11.2. The highest BCUT2D eigenvalue weighted by atomic mass is 16.5. The predicted molar refractivity (Wildman–Crippen MR) is 46.8 cm³/mol. The molecule has 0 aromatic rings. The van der Waals surface area contributed by atoms with Gasteiger partial charge in [0.25, 0.3) is 0 Å². The third kappa shape index (κ3) is 1.99. The molecule has 0 aromatic carbocycles. The summed E-state index contributed by atoms with van der Waals surface area (Å²) in [7, 11) is 1.40. The van der Waals surface area contributed by atoms with Gasteiger partial charge in [-0.2, -0.15) is 5.26 Å². The van der Waals surface area contributed by atoms with E-state index in [0.717, 1.165) is 13.0 Å². The molecule has 4 nitrogen and oxygen atoms in total. The first-order valence-electron chi connectivity index (χ1n) is 4.39. The second kappa shape index (κ2) is 4.24. The molecule has 1 fully saturated rings. The summed E-state index contributed by atoms with van der Waals surface area (Å²) in [6.45, 7) is 3.18. The number of esters is 1. The molecule has 0 spiro atoms. The average molecular weight is 182 g/mol. The van der Waals surface area contributed by atoms with E-state index in [2.05, 4.69) is 10.8 Å². The molecular weight excluding hydrogens is 168 g/mol. The number of carbonyl (C=O) groups excluding carboxylic acids is 1. The van der Waals surface area contributed by atoms with Crippen LogP contribution in [0.25, 0.3) is 0 Å². The lowest BCUT2D eigenvalue weighted by Crippen LogP contribution is -2.33. The van der Waals surface area contributed by atoms with Crippen LogP contribution in [0, 0.1) is 17.2 Å². The first kappa shape index (κ1) is 10.0.